The van der Waals surface area contributed by atoms with E-state index in [1.54, 1.807) is 43.3 Å². The maximum atomic E-state index is 14.1. The lowest BCUT2D eigenvalue weighted by Crippen LogP contribution is -2.53. The summed E-state index contributed by atoms with van der Waals surface area (Å²) < 4.78 is 52.5. The third-order valence-corrected chi connectivity index (χ3v) is 7.82. The first-order chi connectivity index (χ1) is 18.9. The first kappa shape index (κ1) is 27.0. The molecule has 5 rings (SSSR count). The standard InChI is InChI=1S/C30H28F3NO4S/c1-18-13-20(33)14-19(9-11-32)27(18)28(36)30-29(25-8-3-21(35)15-26(25)39-30)38-23-6-4-22(5-7-23)37-24-16-34(17-24)12-2-10-31/h3-8,13-15,24,35H,2,9-12,16-17H2,1H3. The lowest BCUT2D eigenvalue weighted by molar-refractivity contribution is 0.0184. The molecule has 1 aliphatic rings. The summed E-state index contributed by atoms with van der Waals surface area (Å²) >= 11 is 1.15. The van der Waals surface area contributed by atoms with Crippen molar-refractivity contribution >= 4 is 27.2 Å². The van der Waals surface area contributed by atoms with E-state index in [1.165, 1.54) is 18.2 Å². The normalized spacial score (nSPS) is 13.9. The minimum Gasteiger partial charge on any atom is -0.508 e. The number of halogens is 3. The number of carbonyl (C=O) groups is 1. The monoisotopic (exact) mass is 555 g/mol. The maximum absolute atomic E-state index is 14.1. The second-order valence-electron chi connectivity index (χ2n) is 9.58. The maximum Gasteiger partial charge on any atom is 0.207 e. The van der Waals surface area contributed by atoms with E-state index in [2.05, 4.69) is 4.90 Å². The molecule has 1 aliphatic heterocycles. The molecule has 1 saturated heterocycles. The molecular formula is C30H28F3NO4S. The van der Waals surface area contributed by atoms with Crippen LogP contribution in [0.25, 0.3) is 10.1 Å². The molecule has 0 spiro atoms. The van der Waals surface area contributed by atoms with Gasteiger partial charge in [-0.25, -0.2) is 4.39 Å². The molecule has 2 heterocycles. The zero-order chi connectivity index (χ0) is 27.5. The van der Waals surface area contributed by atoms with Crippen LogP contribution in [0.15, 0.2) is 54.6 Å². The van der Waals surface area contributed by atoms with Crippen molar-refractivity contribution in [1.82, 2.24) is 4.90 Å². The number of benzene rings is 3. The zero-order valence-corrected chi connectivity index (χ0v) is 22.2. The predicted octanol–water partition coefficient (Wildman–Crippen LogP) is 7.01. The Kier molecular flexibility index (Phi) is 8.09. The summed E-state index contributed by atoms with van der Waals surface area (Å²) in [6, 6.07) is 14.2. The van der Waals surface area contributed by atoms with Gasteiger partial charge in [-0.1, -0.05) is 0 Å². The van der Waals surface area contributed by atoms with Crippen molar-refractivity contribution < 1.29 is 32.5 Å². The number of phenolic OH excluding ortho intramolecular Hbond substituents is 1. The highest BCUT2D eigenvalue weighted by molar-refractivity contribution is 7.21. The molecule has 3 aromatic carbocycles. The number of phenols is 1. The summed E-state index contributed by atoms with van der Waals surface area (Å²) in [6.45, 7) is 2.81. The number of alkyl halides is 2. The SMILES string of the molecule is Cc1cc(F)cc(CCF)c1C(=O)c1sc2cc(O)ccc2c1Oc1ccc(OC2CN(CCCF)C2)cc1. The predicted molar refractivity (Wildman–Crippen MR) is 146 cm³/mol. The molecule has 0 bridgehead atoms. The van der Waals surface area contributed by atoms with Gasteiger partial charge in [0.05, 0.1) is 13.3 Å². The van der Waals surface area contributed by atoms with Crippen molar-refractivity contribution in [2.45, 2.75) is 25.9 Å². The van der Waals surface area contributed by atoms with Gasteiger partial charge in [0, 0.05) is 41.7 Å². The van der Waals surface area contributed by atoms with E-state index in [0.29, 0.717) is 44.9 Å². The number of carbonyl (C=O) groups excluding carboxylic acids is 1. The van der Waals surface area contributed by atoms with Crippen molar-refractivity contribution in [2.24, 2.45) is 0 Å². The molecule has 0 saturated carbocycles. The largest absolute Gasteiger partial charge is 0.508 e. The van der Waals surface area contributed by atoms with E-state index in [4.69, 9.17) is 9.47 Å². The summed E-state index contributed by atoms with van der Waals surface area (Å²) in [7, 11) is 0. The third kappa shape index (κ3) is 5.89. The number of hydrogen-bond donors (Lipinski definition) is 1. The Morgan fingerprint density at radius 3 is 2.51 bits per heavy atom. The first-order valence-corrected chi connectivity index (χ1v) is 13.6. The molecule has 0 aliphatic carbocycles. The van der Waals surface area contributed by atoms with E-state index in [0.717, 1.165) is 31.0 Å². The van der Waals surface area contributed by atoms with Crippen LogP contribution in [0, 0.1) is 12.7 Å². The highest BCUT2D eigenvalue weighted by Gasteiger charge is 2.28. The second kappa shape index (κ2) is 11.7. The summed E-state index contributed by atoms with van der Waals surface area (Å²) in [5.74, 6) is 0.585. The minimum absolute atomic E-state index is 0.0473. The quantitative estimate of drug-likeness (QED) is 0.202. The van der Waals surface area contributed by atoms with E-state index < -0.39 is 18.3 Å². The zero-order valence-electron chi connectivity index (χ0n) is 21.4. The molecule has 1 N–H and O–H groups in total. The topological polar surface area (TPSA) is 59.0 Å². The van der Waals surface area contributed by atoms with Crippen LogP contribution in [0.3, 0.4) is 0 Å². The first-order valence-electron chi connectivity index (χ1n) is 12.7. The number of hydrogen-bond acceptors (Lipinski definition) is 6. The number of aromatic hydroxyl groups is 1. The van der Waals surface area contributed by atoms with Crippen LogP contribution in [-0.4, -0.2) is 54.9 Å². The van der Waals surface area contributed by atoms with Crippen LogP contribution in [0.1, 0.15) is 32.8 Å². The fourth-order valence-corrected chi connectivity index (χ4v) is 5.93. The highest BCUT2D eigenvalue weighted by Crippen LogP contribution is 2.43. The third-order valence-electron chi connectivity index (χ3n) is 6.69. The number of rotatable bonds is 11. The number of nitrogens with zero attached hydrogens (tertiary/aromatic N) is 1. The van der Waals surface area contributed by atoms with Crippen LogP contribution in [0.5, 0.6) is 23.0 Å². The summed E-state index contributed by atoms with van der Waals surface area (Å²) in [5, 5.41) is 10.7. The molecular weight excluding hydrogens is 527 g/mol. The number of thiophene rings is 1. The molecule has 0 radical (unpaired) electrons. The summed E-state index contributed by atoms with van der Waals surface area (Å²) in [5.41, 5.74) is 0.960. The highest BCUT2D eigenvalue weighted by atomic mass is 32.1. The van der Waals surface area contributed by atoms with E-state index in [-0.39, 0.29) is 35.4 Å². The van der Waals surface area contributed by atoms with Crippen LogP contribution in [-0.2, 0) is 6.42 Å². The van der Waals surface area contributed by atoms with Crippen molar-refractivity contribution in [3.8, 4) is 23.0 Å². The van der Waals surface area contributed by atoms with Gasteiger partial charge < -0.3 is 14.6 Å². The van der Waals surface area contributed by atoms with Gasteiger partial charge in [-0.3, -0.25) is 18.5 Å². The van der Waals surface area contributed by atoms with E-state index >= 15 is 0 Å². The van der Waals surface area contributed by atoms with Gasteiger partial charge in [0.1, 0.15) is 34.0 Å². The van der Waals surface area contributed by atoms with Crippen molar-refractivity contribution in [1.29, 1.82) is 0 Å². The van der Waals surface area contributed by atoms with Gasteiger partial charge >= 0.3 is 0 Å². The van der Waals surface area contributed by atoms with E-state index in [1.807, 2.05) is 0 Å². The number of ketones is 1. The minimum atomic E-state index is -0.724. The Hall–Kier alpha value is -3.56. The number of ether oxygens (including phenoxy) is 2. The smallest absolute Gasteiger partial charge is 0.207 e. The van der Waals surface area contributed by atoms with Crippen molar-refractivity contribution in [3.05, 3.63) is 82.0 Å². The van der Waals surface area contributed by atoms with Crippen LogP contribution >= 0.6 is 11.3 Å². The molecule has 39 heavy (non-hydrogen) atoms. The summed E-state index contributed by atoms with van der Waals surface area (Å²) in [4.78, 5) is 16.2. The Bertz CT molecular complexity index is 1480. The molecule has 0 amide bonds. The van der Waals surface area contributed by atoms with Gasteiger partial charge in [-0.05, 0) is 79.1 Å². The summed E-state index contributed by atoms with van der Waals surface area (Å²) in [6.07, 6.45) is 0.488. The molecule has 9 heteroatoms. The average molecular weight is 556 g/mol. The lowest BCUT2D eigenvalue weighted by Gasteiger charge is -2.38. The van der Waals surface area contributed by atoms with Gasteiger partial charge in [-0.15, -0.1) is 11.3 Å². The fourth-order valence-electron chi connectivity index (χ4n) is 4.82. The van der Waals surface area contributed by atoms with Crippen molar-refractivity contribution in [2.75, 3.05) is 33.0 Å². The van der Waals surface area contributed by atoms with Gasteiger partial charge in [0.15, 0.2) is 5.75 Å². The fraction of sp³-hybridized carbons (Fsp3) is 0.300. The Morgan fingerprint density at radius 1 is 1.05 bits per heavy atom. The Morgan fingerprint density at radius 2 is 1.79 bits per heavy atom. The Balaban J connectivity index is 1.41. The van der Waals surface area contributed by atoms with Crippen LogP contribution in [0.4, 0.5) is 13.2 Å². The van der Waals surface area contributed by atoms with Gasteiger partial charge in [0.2, 0.25) is 5.78 Å². The molecule has 1 fully saturated rings. The molecule has 1 aromatic heterocycles. The number of fused-ring (bicyclic) bond motifs is 1. The molecule has 5 nitrogen and oxygen atoms in total. The Labute approximate surface area is 228 Å². The van der Waals surface area contributed by atoms with Gasteiger partial charge in [-0.2, -0.15) is 0 Å². The molecule has 4 aromatic rings. The molecule has 0 atom stereocenters. The lowest BCUT2D eigenvalue weighted by atomic mass is 9.95. The number of aryl methyl sites for hydroxylation is 2. The second-order valence-corrected chi connectivity index (χ2v) is 10.6. The molecule has 204 valence electrons. The van der Waals surface area contributed by atoms with Crippen LogP contribution < -0.4 is 9.47 Å². The molecule has 0 unspecified atom stereocenters. The number of likely N-dealkylation sites (tertiary alicyclic amines) is 1. The van der Waals surface area contributed by atoms with Crippen LogP contribution in [0.2, 0.25) is 0 Å². The van der Waals surface area contributed by atoms with Gasteiger partial charge in [0.25, 0.3) is 0 Å². The van der Waals surface area contributed by atoms with Crippen molar-refractivity contribution in [3.63, 3.8) is 0 Å². The average Bonchev–Trinajstić information content (AvgIpc) is 3.23. The van der Waals surface area contributed by atoms with E-state index in [9.17, 15) is 23.1 Å².